The Kier molecular flexibility index (Phi) is 8.01. The van der Waals surface area contributed by atoms with Crippen molar-refractivity contribution in [2.75, 3.05) is 19.6 Å². The Labute approximate surface area is 197 Å². The molecule has 9 heteroatoms. The molecular weight excluding hydrogens is 467 g/mol. The van der Waals surface area contributed by atoms with Crippen LogP contribution in [-0.2, 0) is 10.1 Å². The van der Waals surface area contributed by atoms with E-state index in [-0.39, 0.29) is 6.10 Å². The number of nitrogens with zero attached hydrogens (tertiary/aromatic N) is 1. The summed E-state index contributed by atoms with van der Waals surface area (Å²) in [7, 11) is -6.09. The molecule has 0 unspecified atom stereocenters. The van der Waals surface area contributed by atoms with Gasteiger partial charge in [0.2, 0.25) is 0 Å². The third-order valence-corrected chi connectivity index (χ3v) is 6.44. The molecule has 1 fully saturated rings. The smallest absolute Gasteiger partial charge is 0.485 e. The highest BCUT2D eigenvalue weighted by molar-refractivity contribution is 7.86. The van der Waals surface area contributed by atoms with Gasteiger partial charge in [-0.2, -0.15) is 13.2 Å². The molecule has 3 aromatic carbocycles. The number of ether oxygens (including phenoxy) is 1. The molecule has 0 amide bonds. The lowest BCUT2D eigenvalue weighted by molar-refractivity contribution is -0.991. The molecule has 4 rings (SSSR count). The second-order valence-electron chi connectivity index (χ2n) is 8.08. The molecule has 0 spiro atoms. The van der Waals surface area contributed by atoms with Gasteiger partial charge < -0.3 is 13.8 Å². The van der Waals surface area contributed by atoms with Crippen LogP contribution in [0.1, 0.15) is 24.1 Å². The number of hydrogen-bond donors (Lipinski definition) is 0. The zero-order valence-electron chi connectivity index (χ0n) is 18.6. The van der Waals surface area contributed by atoms with Crippen molar-refractivity contribution in [2.45, 2.75) is 24.6 Å². The van der Waals surface area contributed by atoms with Crippen molar-refractivity contribution < 1.29 is 35.4 Å². The number of halogens is 3. The van der Waals surface area contributed by atoms with E-state index in [0.29, 0.717) is 6.04 Å². The zero-order chi connectivity index (χ0) is 24.8. The molecule has 0 N–H and O–H groups in total. The van der Waals surface area contributed by atoms with Gasteiger partial charge in [-0.3, -0.25) is 0 Å². The summed E-state index contributed by atoms with van der Waals surface area (Å²) in [5, 5.41) is 0. The molecule has 34 heavy (non-hydrogen) atoms. The predicted octanol–water partition coefficient (Wildman–Crippen LogP) is 5.13. The number of rotatable bonds is 6. The molecule has 1 aliphatic heterocycles. The first kappa shape index (κ1) is 25.7. The minimum atomic E-state index is -6.09. The Hall–Kier alpha value is -2.88. The molecule has 3 aromatic rings. The van der Waals surface area contributed by atoms with Crippen LogP contribution in [0, 0.1) is 0 Å². The molecule has 1 heterocycles. The SMILES string of the molecule is CC[N+]1(C(c2ccccc2)c2ccccc2)CC(Oc2ccccc2)C1.O=S(=O)([O-])C(F)(F)F. The Bertz CT molecular complexity index is 1100. The van der Waals surface area contributed by atoms with Gasteiger partial charge in [-0.25, -0.2) is 8.42 Å². The standard InChI is InChI=1S/C24H26NO.CHF3O3S/c1-2-25(18-23(19-25)26-22-16-10-5-11-17-22)24(20-12-6-3-7-13-20)21-14-8-4-9-15-21;2-1(3,4)8(5,6)7/h3-17,23-24H,2,18-19H2,1H3;(H,5,6,7)/q+1;/p-1. The summed E-state index contributed by atoms with van der Waals surface area (Å²) < 4.78 is 66.2. The Morgan fingerprint density at radius 1 is 0.882 bits per heavy atom. The molecule has 0 bridgehead atoms. The van der Waals surface area contributed by atoms with Gasteiger partial charge in [0.15, 0.2) is 16.2 Å². The monoisotopic (exact) mass is 493 g/mol. The molecular formula is C25H26F3NO4S. The minimum absolute atomic E-state index is 0.285. The zero-order valence-corrected chi connectivity index (χ0v) is 19.4. The van der Waals surface area contributed by atoms with Crippen molar-refractivity contribution in [1.29, 1.82) is 0 Å². The Morgan fingerprint density at radius 3 is 1.62 bits per heavy atom. The van der Waals surface area contributed by atoms with Crippen molar-refractivity contribution in [1.82, 2.24) is 0 Å². The predicted molar refractivity (Wildman–Crippen MR) is 122 cm³/mol. The molecule has 1 aliphatic rings. The first-order valence-electron chi connectivity index (χ1n) is 10.8. The normalized spacial score (nSPS) is 20.1. The summed E-state index contributed by atoms with van der Waals surface area (Å²) >= 11 is 0. The van der Waals surface area contributed by atoms with E-state index >= 15 is 0 Å². The molecule has 5 nitrogen and oxygen atoms in total. The van der Waals surface area contributed by atoms with Gasteiger partial charge in [0.1, 0.15) is 24.9 Å². The summed E-state index contributed by atoms with van der Waals surface area (Å²) in [4.78, 5) is 0. The van der Waals surface area contributed by atoms with E-state index in [1.54, 1.807) is 0 Å². The lowest BCUT2D eigenvalue weighted by atomic mass is 9.89. The van der Waals surface area contributed by atoms with Crippen molar-refractivity contribution >= 4 is 10.1 Å². The molecule has 182 valence electrons. The van der Waals surface area contributed by atoms with Crippen LogP contribution in [0.15, 0.2) is 91.0 Å². The molecule has 1 saturated heterocycles. The van der Waals surface area contributed by atoms with E-state index in [9.17, 15) is 13.2 Å². The minimum Gasteiger partial charge on any atom is -0.741 e. The number of alkyl halides is 3. The van der Waals surface area contributed by atoms with Crippen LogP contribution < -0.4 is 4.74 Å². The highest BCUT2D eigenvalue weighted by Crippen LogP contribution is 2.40. The van der Waals surface area contributed by atoms with Crippen LogP contribution >= 0.6 is 0 Å². The third-order valence-electron chi connectivity index (χ3n) is 5.87. The van der Waals surface area contributed by atoms with Crippen LogP contribution in [0.3, 0.4) is 0 Å². The highest BCUT2D eigenvalue weighted by atomic mass is 32.2. The molecule has 0 radical (unpaired) electrons. The van der Waals surface area contributed by atoms with Gasteiger partial charge in [0.05, 0.1) is 6.54 Å². The average Bonchev–Trinajstić information content (AvgIpc) is 2.78. The maximum Gasteiger partial charge on any atom is 0.485 e. The van der Waals surface area contributed by atoms with E-state index < -0.39 is 15.6 Å². The molecule has 0 aliphatic carbocycles. The Balaban J connectivity index is 0.000000350. The van der Waals surface area contributed by atoms with E-state index in [1.807, 2.05) is 30.3 Å². The van der Waals surface area contributed by atoms with Crippen molar-refractivity contribution in [2.24, 2.45) is 0 Å². The largest absolute Gasteiger partial charge is 0.741 e. The van der Waals surface area contributed by atoms with E-state index in [1.165, 1.54) is 11.1 Å². The summed E-state index contributed by atoms with van der Waals surface area (Å²) in [5.41, 5.74) is -2.87. The fraction of sp³-hybridized carbons (Fsp3) is 0.280. The van der Waals surface area contributed by atoms with Gasteiger partial charge in [0.25, 0.3) is 0 Å². The van der Waals surface area contributed by atoms with Crippen molar-refractivity contribution in [3.63, 3.8) is 0 Å². The fourth-order valence-electron chi connectivity index (χ4n) is 4.27. The van der Waals surface area contributed by atoms with Crippen LogP contribution in [0.2, 0.25) is 0 Å². The van der Waals surface area contributed by atoms with E-state index in [4.69, 9.17) is 17.7 Å². The lowest BCUT2D eigenvalue weighted by Gasteiger charge is -2.54. The van der Waals surface area contributed by atoms with Gasteiger partial charge in [-0.15, -0.1) is 0 Å². The number of para-hydroxylation sites is 1. The number of benzene rings is 3. The fourth-order valence-corrected chi connectivity index (χ4v) is 4.27. The summed E-state index contributed by atoms with van der Waals surface area (Å²) in [6, 6.07) is 32.4. The van der Waals surface area contributed by atoms with Crippen LogP contribution in [-0.4, -0.2) is 48.7 Å². The second-order valence-corrected chi connectivity index (χ2v) is 9.45. The topological polar surface area (TPSA) is 66.4 Å². The maximum absolute atomic E-state index is 10.7. The van der Waals surface area contributed by atoms with E-state index in [2.05, 4.69) is 67.6 Å². The van der Waals surface area contributed by atoms with Gasteiger partial charge in [-0.05, 0) is 19.1 Å². The number of hydrogen-bond acceptors (Lipinski definition) is 4. The van der Waals surface area contributed by atoms with Crippen LogP contribution in [0.4, 0.5) is 13.2 Å². The molecule has 0 saturated carbocycles. The summed E-state index contributed by atoms with van der Waals surface area (Å²) in [6.45, 7) is 5.49. The quantitative estimate of drug-likeness (QED) is 0.271. The van der Waals surface area contributed by atoms with Crippen molar-refractivity contribution in [3.05, 3.63) is 102 Å². The van der Waals surface area contributed by atoms with Crippen molar-refractivity contribution in [3.8, 4) is 5.75 Å². The second kappa shape index (κ2) is 10.6. The number of quaternary nitrogens is 1. The first-order chi connectivity index (χ1) is 16.1. The number of likely N-dealkylation sites (tertiary alicyclic amines) is 1. The molecule has 0 aromatic heterocycles. The Morgan fingerprint density at radius 2 is 1.26 bits per heavy atom. The molecule has 0 atom stereocenters. The number of likely N-dealkylation sites (N-methyl/N-ethyl adjacent to an activating group) is 1. The third kappa shape index (κ3) is 6.16. The van der Waals surface area contributed by atoms with Gasteiger partial charge in [0, 0.05) is 11.1 Å². The summed E-state index contributed by atoms with van der Waals surface area (Å²) in [6.07, 6.45) is 0.285. The van der Waals surface area contributed by atoms with Gasteiger partial charge >= 0.3 is 5.51 Å². The lowest BCUT2D eigenvalue weighted by Crippen LogP contribution is -2.69. The first-order valence-corrected chi connectivity index (χ1v) is 12.2. The maximum atomic E-state index is 10.7. The summed E-state index contributed by atoms with van der Waals surface area (Å²) in [5.74, 6) is 0.974. The van der Waals surface area contributed by atoms with Crippen LogP contribution in [0.5, 0.6) is 5.75 Å². The van der Waals surface area contributed by atoms with Gasteiger partial charge in [-0.1, -0.05) is 78.9 Å². The highest BCUT2D eigenvalue weighted by Gasteiger charge is 2.50. The van der Waals surface area contributed by atoms with Crippen LogP contribution in [0.25, 0.3) is 0 Å². The average molecular weight is 494 g/mol. The van der Waals surface area contributed by atoms with E-state index in [0.717, 1.165) is 29.9 Å².